The number of alkyl halides is 3. The summed E-state index contributed by atoms with van der Waals surface area (Å²) in [5.41, 5.74) is -0.196. The Morgan fingerprint density at radius 2 is 1.68 bits per heavy atom. The van der Waals surface area contributed by atoms with E-state index in [-0.39, 0.29) is 42.0 Å². The van der Waals surface area contributed by atoms with Crippen LogP contribution < -0.4 is 15.0 Å². The summed E-state index contributed by atoms with van der Waals surface area (Å²) in [6, 6.07) is 14.1. The zero-order chi connectivity index (χ0) is 26.8. The van der Waals surface area contributed by atoms with Crippen LogP contribution in [0.25, 0.3) is 0 Å². The van der Waals surface area contributed by atoms with Gasteiger partial charge in [-0.05, 0) is 48.5 Å². The summed E-state index contributed by atoms with van der Waals surface area (Å²) in [5, 5.41) is 2.41. The number of aromatic nitrogens is 1. The minimum atomic E-state index is -4.58. The fraction of sp³-hybridized carbons (Fsp3) is 0.250. The highest BCUT2D eigenvalue weighted by Gasteiger charge is 2.33. The third-order valence-electron chi connectivity index (χ3n) is 5.77. The van der Waals surface area contributed by atoms with Crippen LogP contribution in [0.5, 0.6) is 5.75 Å². The van der Waals surface area contributed by atoms with Crippen LogP contribution in [0.15, 0.2) is 65.6 Å². The number of methoxy groups -OCH3 is 1. The summed E-state index contributed by atoms with van der Waals surface area (Å²) >= 11 is 5.77. The number of carbonyl (C=O) groups excluding carboxylic acids is 1. The number of sulfonamides is 1. The average molecular weight is 555 g/mol. The summed E-state index contributed by atoms with van der Waals surface area (Å²) in [6.45, 7) is 0.363. The first-order chi connectivity index (χ1) is 17.5. The molecule has 0 spiro atoms. The molecule has 1 fully saturated rings. The van der Waals surface area contributed by atoms with E-state index in [1.165, 1.54) is 35.7 Å². The predicted molar refractivity (Wildman–Crippen MR) is 133 cm³/mol. The van der Waals surface area contributed by atoms with Crippen molar-refractivity contribution in [3.63, 3.8) is 0 Å². The van der Waals surface area contributed by atoms with Gasteiger partial charge in [-0.25, -0.2) is 13.4 Å². The summed E-state index contributed by atoms with van der Waals surface area (Å²) < 4.78 is 72.0. The Bertz CT molecular complexity index is 1390. The first kappa shape index (κ1) is 26.7. The Balaban J connectivity index is 1.42. The number of halogens is 4. The Hall–Kier alpha value is -3.35. The molecule has 1 aromatic heterocycles. The molecule has 1 aliphatic rings. The molecule has 8 nitrogen and oxygen atoms in total. The van der Waals surface area contributed by atoms with Gasteiger partial charge >= 0.3 is 6.18 Å². The molecular formula is C24H22ClF3N4O4S. The Morgan fingerprint density at radius 1 is 1.03 bits per heavy atom. The van der Waals surface area contributed by atoms with Crippen molar-refractivity contribution in [2.45, 2.75) is 11.1 Å². The van der Waals surface area contributed by atoms with E-state index in [2.05, 4.69) is 10.3 Å². The molecule has 0 atom stereocenters. The Morgan fingerprint density at radius 3 is 2.30 bits per heavy atom. The number of hydrogen-bond donors (Lipinski definition) is 1. The van der Waals surface area contributed by atoms with E-state index in [0.717, 1.165) is 12.1 Å². The van der Waals surface area contributed by atoms with Gasteiger partial charge < -0.3 is 15.0 Å². The summed E-state index contributed by atoms with van der Waals surface area (Å²) in [6.07, 6.45) is -4.58. The molecule has 0 radical (unpaired) electrons. The van der Waals surface area contributed by atoms with Gasteiger partial charge in [-0.1, -0.05) is 23.7 Å². The van der Waals surface area contributed by atoms with E-state index < -0.39 is 27.7 Å². The molecule has 2 aromatic carbocycles. The van der Waals surface area contributed by atoms with Crippen molar-refractivity contribution in [2.24, 2.45) is 0 Å². The third kappa shape index (κ3) is 5.97. The molecule has 196 valence electrons. The van der Waals surface area contributed by atoms with Crippen molar-refractivity contribution in [1.82, 2.24) is 9.29 Å². The smallest absolute Gasteiger partial charge is 0.416 e. The van der Waals surface area contributed by atoms with E-state index in [4.69, 9.17) is 16.3 Å². The van der Waals surface area contributed by atoms with Crippen LogP contribution in [0.4, 0.5) is 24.7 Å². The maximum atomic E-state index is 13.1. The van der Waals surface area contributed by atoms with E-state index >= 15 is 0 Å². The molecule has 1 aliphatic heterocycles. The number of nitrogens with one attached hydrogen (secondary N) is 1. The number of hydrogen-bond acceptors (Lipinski definition) is 6. The molecule has 0 aliphatic carbocycles. The van der Waals surface area contributed by atoms with Gasteiger partial charge in [0.25, 0.3) is 5.91 Å². The number of para-hydroxylation sites is 1. The van der Waals surface area contributed by atoms with E-state index in [1.54, 1.807) is 29.2 Å². The average Bonchev–Trinajstić information content (AvgIpc) is 2.88. The van der Waals surface area contributed by atoms with Crippen LogP contribution in [0, 0.1) is 0 Å². The summed E-state index contributed by atoms with van der Waals surface area (Å²) in [7, 11) is -2.41. The molecule has 3 aromatic rings. The first-order valence-corrected chi connectivity index (χ1v) is 12.8. The van der Waals surface area contributed by atoms with Gasteiger partial charge in [0.05, 0.1) is 23.1 Å². The number of carbonyl (C=O) groups is 1. The number of pyridine rings is 1. The summed E-state index contributed by atoms with van der Waals surface area (Å²) in [4.78, 5) is 18.1. The van der Waals surface area contributed by atoms with Crippen LogP contribution in [-0.4, -0.2) is 56.9 Å². The van der Waals surface area contributed by atoms with Gasteiger partial charge in [-0.15, -0.1) is 0 Å². The number of piperazine rings is 1. The third-order valence-corrected chi connectivity index (χ3v) is 7.88. The highest BCUT2D eigenvalue weighted by atomic mass is 35.5. The fourth-order valence-corrected chi connectivity index (χ4v) is 5.48. The quantitative estimate of drug-likeness (QED) is 0.450. The van der Waals surface area contributed by atoms with Gasteiger partial charge in [0.2, 0.25) is 10.0 Å². The highest BCUT2D eigenvalue weighted by Crippen LogP contribution is 2.33. The number of rotatable bonds is 6. The topological polar surface area (TPSA) is 91.8 Å². The van der Waals surface area contributed by atoms with Crippen molar-refractivity contribution < 1.29 is 31.1 Å². The van der Waals surface area contributed by atoms with Crippen molar-refractivity contribution in [3.8, 4) is 5.75 Å². The van der Waals surface area contributed by atoms with Gasteiger partial charge in [-0.3, -0.25) is 4.79 Å². The van der Waals surface area contributed by atoms with E-state index in [9.17, 15) is 26.4 Å². The lowest BCUT2D eigenvalue weighted by atomic mass is 10.2. The molecule has 2 heterocycles. The van der Waals surface area contributed by atoms with Gasteiger partial charge in [-0.2, -0.15) is 17.5 Å². The fourth-order valence-electron chi connectivity index (χ4n) is 3.86. The number of ether oxygens (including phenoxy) is 1. The highest BCUT2D eigenvalue weighted by molar-refractivity contribution is 7.89. The molecule has 0 unspecified atom stereocenters. The monoisotopic (exact) mass is 554 g/mol. The van der Waals surface area contributed by atoms with Crippen LogP contribution in [0.1, 0.15) is 15.9 Å². The molecule has 13 heteroatoms. The number of anilines is 2. The largest absolute Gasteiger partial charge is 0.496 e. The molecule has 1 saturated heterocycles. The van der Waals surface area contributed by atoms with Crippen molar-refractivity contribution >= 4 is 39.0 Å². The predicted octanol–water partition coefficient (Wildman–Crippen LogP) is 4.53. The van der Waals surface area contributed by atoms with Crippen LogP contribution in [-0.2, 0) is 16.2 Å². The zero-order valence-corrected chi connectivity index (χ0v) is 21.1. The van der Waals surface area contributed by atoms with Crippen molar-refractivity contribution in [2.75, 3.05) is 43.5 Å². The van der Waals surface area contributed by atoms with Gasteiger partial charge in [0, 0.05) is 31.9 Å². The molecule has 1 amide bonds. The molecular weight excluding hydrogens is 533 g/mol. The van der Waals surface area contributed by atoms with Crippen LogP contribution in [0.3, 0.4) is 0 Å². The van der Waals surface area contributed by atoms with E-state index in [1.807, 2.05) is 0 Å². The SMILES string of the molecule is COc1ccccc1C(=O)Nc1ccc(S(=O)(=O)N2CCN(c3cc(C(F)(F)F)cc(Cl)n3)CC2)cc1. The lowest BCUT2D eigenvalue weighted by Crippen LogP contribution is -2.49. The van der Waals surface area contributed by atoms with E-state index in [0.29, 0.717) is 17.0 Å². The lowest BCUT2D eigenvalue weighted by Gasteiger charge is -2.35. The van der Waals surface area contributed by atoms with Crippen molar-refractivity contribution in [1.29, 1.82) is 0 Å². The Kier molecular flexibility index (Phi) is 7.62. The number of benzene rings is 2. The van der Waals surface area contributed by atoms with Crippen LogP contribution in [0.2, 0.25) is 5.15 Å². The standard InChI is InChI=1S/C24H22ClF3N4O4S/c1-36-20-5-3-2-4-19(20)23(33)29-17-6-8-18(9-7-17)37(34,35)32-12-10-31(11-13-32)22-15-16(24(26,27)28)14-21(25)30-22/h2-9,14-15H,10-13H2,1H3,(H,29,33). The van der Waals surface area contributed by atoms with Gasteiger partial charge in [0.1, 0.15) is 16.7 Å². The normalized spacial score (nSPS) is 14.9. The van der Waals surface area contributed by atoms with Gasteiger partial charge in [0.15, 0.2) is 0 Å². The maximum absolute atomic E-state index is 13.1. The second kappa shape index (κ2) is 10.6. The van der Waals surface area contributed by atoms with Crippen molar-refractivity contribution in [3.05, 3.63) is 76.9 Å². The first-order valence-electron chi connectivity index (χ1n) is 11.0. The summed E-state index contributed by atoms with van der Waals surface area (Å²) in [5.74, 6) is 0.0282. The maximum Gasteiger partial charge on any atom is 0.416 e. The number of nitrogens with zero attached hydrogens (tertiary/aromatic N) is 3. The number of amides is 1. The minimum absolute atomic E-state index is 0.0245. The minimum Gasteiger partial charge on any atom is -0.496 e. The second-order valence-electron chi connectivity index (χ2n) is 8.10. The lowest BCUT2D eigenvalue weighted by molar-refractivity contribution is -0.137. The molecule has 0 saturated carbocycles. The van der Waals surface area contributed by atoms with Crippen LogP contribution >= 0.6 is 11.6 Å². The zero-order valence-electron chi connectivity index (χ0n) is 19.5. The molecule has 37 heavy (non-hydrogen) atoms. The Labute approximate surface area is 216 Å². The second-order valence-corrected chi connectivity index (χ2v) is 10.4. The molecule has 1 N–H and O–H groups in total. The molecule has 4 rings (SSSR count). The molecule has 0 bridgehead atoms.